The first-order chi connectivity index (χ1) is 21.4. The highest BCUT2D eigenvalue weighted by Gasteiger charge is 2.40. The lowest BCUT2D eigenvalue weighted by molar-refractivity contribution is -0.137. The maximum Gasteiger partial charge on any atom is 0.419 e. The van der Waals surface area contributed by atoms with Gasteiger partial charge >= 0.3 is 12.1 Å². The van der Waals surface area contributed by atoms with E-state index in [1.807, 2.05) is 0 Å². The lowest BCUT2D eigenvalue weighted by Gasteiger charge is -2.37. The lowest BCUT2D eigenvalue weighted by Crippen LogP contribution is -2.48. The second-order valence-corrected chi connectivity index (χ2v) is 11.4. The van der Waals surface area contributed by atoms with E-state index in [-0.39, 0.29) is 62.1 Å². The molecule has 0 bridgehead atoms. The molecule has 1 amide bonds. The average Bonchev–Trinajstić information content (AvgIpc) is 3.47. The second-order valence-electron chi connectivity index (χ2n) is 11.0. The van der Waals surface area contributed by atoms with Crippen LogP contribution in [0.5, 0.6) is 5.75 Å². The number of halogens is 4. The zero-order chi connectivity index (χ0) is 33.1. The molecule has 2 fully saturated rings. The van der Waals surface area contributed by atoms with E-state index in [1.54, 1.807) is 25.3 Å². The molecule has 0 aromatic heterocycles. The van der Waals surface area contributed by atoms with Crippen LogP contribution in [0, 0.1) is 0 Å². The maximum absolute atomic E-state index is 14.4. The van der Waals surface area contributed by atoms with E-state index in [9.17, 15) is 22.8 Å². The molecule has 2 N–H and O–H groups in total. The van der Waals surface area contributed by atoms with Crippen LogP contribution in [-0.4, -0.2) is 80.8 Å². The minimum Gasteiger partial charge on any atom is -0.500 e. The van der Waals surface area contributed by atoms with Crippen molar-refractivity contribution in [3.8, 4) is 5.75 Å². The Labute approximate surface area is 267 Å². The first kappa shape index (κ1) is 36.4. The number of rotatable bonds is 15. The van der Waals surface area contributed by atoms with Gasteiger partial charge in [-0.25, -0.2) is 0 Å². The summed E-state index contributed by atoms with van der Waals surface area (Å²) < 4.78 is 64.8. The van der Waals surface area contributed by atoms with Crippen LogP contribution in [0.25, 0.3) is 0 Å². The Kier molecular flexibility index (Phi) is 13.8. The number of aliphatic carboxylic acids is 1. The highest BCUT2D eigenvalue weighted by Crippen LogP contribution is 2.37. The number of benzene rings is 1. The van der Waals surface area contributed by atoms with Crippen LogP contribution in [-0.2, 0) is 23.8 Å². The van der Waals surface area contributed by atoms with Crippen LogP contribution in [0.4, 0.5) is 13.2 Å². The van der Waals surface area contributed by atoms with Gasteiger partial charge in [0.2, 0.25) is 5.91 Å². The summed E-state index contributed by atoms with van der Waals surface area (Å²) >= 11 is 6.22. The monoisotopic (exact) mass is 658 g/mol. The molecule has 1 heterocycles. The number of amides is 1. The first-order valence-corrected chi connectivity index (χ1v) is 15.2. The number of hydrogen-bond acceptors (Lipinski definition) is 7. The van der Waals surface area contributed by atoms with Crippen molar-refractivity contribution < 1.29 is 46.8 Å². The molecule has 1 saturated carbocycles. The number of hydrogen-bond donors (Lipinski definition) is 2. The molecule has 4 atom stereocenters. The van der Waals surface area contributed by atoms with E-state index in [0.717, 1.165) is 6.08 Å². The fraction of sp³-hybridized carbons (Fsp3) is 0.562. The molecule has 1 aromatic rings. The summed E-state index contributed by atoms with van der Waals surface area (Å²) in [5.41, 5.74) is -0.262. The van der Waals surface area contributed by atoms with Crippen molar-refractivity contribution in [1.82, 2.24) is 10.2 Å². The van der Waals surface area contributed by atoms with Crippen LogP contribution in [0.1, 0.15) is 63.0 Å². The molecule has 45 heavy (non-hydrogen) atoms. The van der Waals surface area contributed by atoms with Gasteiger partial charge in [0.05, 0.1) is 32.0 Å². The standard InChI is InChI=1S/C32H42ClF3N2O7/c1-5-8-27(43-3)26(32(34,35)36)18-22-9-6-13-38(22)31(41)30(25-12-11-20(33)15-28(25)44-4)37-21-16-23(42-2)19-24(17-21)45-14-7-10-29(39)40/h5,11-12,15,18,21,23-24,30,37H,1,6-10,13-14,16-17,19H2,2-4H3,(H,39,40)/b22-18+,27-26-/t21-,23?,24?,30?/m0/s1. The van der Waals surface area contributed by atoms with E-state index in [2.05, 4.69) is 11.9 Å². The van der Waals surface area contributed by atoms with Gasteiger partial charge in [0, 0.05) is 55.4 Å². The molecule has 1 saturated heterocycles. The van der Waals surface area contributed by atoms with Gasteiger partial charge < -0.3 is 29.0 Å². The number of alkyl halides is 3. The van der Waals surface area contributed by atoms with E-state index >= 15 is 0 Å². The number of carbonyl (C=O) groups excluding carboxylic acids is 1. The normalized spacial score (nSPS) is 22.6. The topological polar surface area (TPSA) is 107 Å². The lowest BCUT2D eigenvalue weighted by atomic mass is 9.89. The summed E-state index contributed by atoms with van der Waals surface area (Å²) in [5, 5.41) is 12.8. The number of carboxylic acids is 1. The second kappa shape index (κ2) is 17.0. The number of carbonyl (C=O) groups is 2. The molecule has 9 nitrogen and oxygen atoms in total. The van der Waals surface area contributed by atoms with E-state index in [4.69, 9.17) is 35.7 Å². The van der Waals surface area contributed by atoms with Crippen LogP contribution >= 0.6 is 11.6 Å². The summed E-state index contributed by atoms with van der Waals surface area (Å²) in [4.78, 5) is 26.6. The number of carboxylic acid groups (broad SMARTS) is 1. The zero-order valence-electron chi connectivity index (χ0n) is 25.8. The number of likely N-dealkylation sites (tertiary alicyclic amines) is 1. The quantitative estimate of drug-likeness (QED) is 0.128. The van der Waals surface area contributed by atoms with Gasteiger partial charge in [-0.15, -0.1) is 6.58 Å². The van der Waals surface area contributed by atoms with Gasteiger partial charge in [-0.05, 0) is 56.7 Å². The summed E-state index contributed by atoms with van der Waals surface area (Å²) in [7, 11) is 4.22. The Morgan fingerprint density at radius 3 is 2.56 bits per heavy atom. The Bertz CT molecular complexity index is 1250. The molecule has 0 spiro atoms. The van der Waals surface area contributed by atoms with Crippen molar-refractivity contribution in [2.24, 2.45) is 0 Å². The fourth-order valence-electron chi connectivity index (χ4n) is 5.78. The number of nitrogens with one attached hydrogen (secondary N) is 1. The van der Waals surface area contributed by atoms with Crippen molar-refractivity contribution in [2.75, 3.05) is 34.5 Å². The molecule has 13 heteroatoms. The van der Waals surface area contributed by atoms with Gasteiger partial charge in [-0.3, -0.25) is 14.9 Å². The van der Waals surface area contributed by atoms with Crippen molar-refractivity contribution >= 4 is 23.5 Å². The Morgan fingerprint density at radius 1 is 1.20 bits per heavy atom. The van der Waals surface area contributed by atoms with E-state index < -0.39 is 29.7 Å². The molecule has 1 aliphatic carbocycles. The summed E-state index contributed by atoms with van der Waals surface area (Å²) in [6, 6.07) is 3.59. The molecule has 0 radical (unpaired) electrons. The van der Waals surface area contributed by atoms with Gasteiger partial charge in [0.1, 0.15) is 17.6 Å². The van der Waals surface area contributed by atoms with Gasteiger partial charge in [-0.2, -0.15) is 13.2 Å². The van der Waals surface area contributed by atoms with Gasteiger partial charge in [-0.1, -0.05) is 23.7 Å². The van der Waals surface area contributed by atoms with Crippen LogP contribution in [0.15, 0.2) is 54.0 Å². The van der Waals surface area contributed by atoms with Gasteiger partial charge in [0.25, 0.3) is 0 Å². The third-order valence-corrected chi connectivity index (χ3v) is 8.15. The average molecular weight is 659 g/mol. The first-order valence-electron chi connectivity index (χ1n) is 14.8. The molecule has 3 unspecified atom stereocenters. The number of allylic oxidation sites excluding steroid dienone is 4. The smallest absolute Gasteiger partial charge is 0.419 e. The molecule has 250 valence electrons. The Morgan fingerprint density at radius 2 is 1.93 bits per heavy atom. The number of ether oxygens (including phenoxy) is 4. The summed E-state index contributed by atoms with van der Waals surface area (Å²) in [5.74, 6) is -1.29. The largest absolute Gasteiger partial charge is 0.500 e. The predicted octanol–water partition coefficient (Wildman–Crippen LogP) is 6.34. The van der Waals surface area contributed by atoms with Crippen LogP contribution in [0.2, 0.25) is 5.02 Å². The van der Waals surface area contributed by atoms with Crippen LogP contribution < -0.4 is 10.1 Å². The highest BCUT2D eigenvalue weighted by molar-refractivity contribution is 6.30. The van der Waals surface area contributed by atoms with Gasteiger partial charge in [0.15, 0.2) is 0 Å². The zero-order valence-corrected chi connectivity index (χ0v) is 26.6. The Balaban J connectivity index is 1.98. The molecule has 3 rings (SSSR count). The van der Waals surface area contributed by atoms with Crippen molar-refractivity contribution in [3.63, 3.8) is 0 Å². The third-order valence-electron chi connectivity index (χ3n) is 7.92. The highest BCUT2D eigenvalue weighted by atomic mass is 35.5. The van der Waals surface area contributed by atoms with E-state index in [0.29, 0.717) is 48.4 Å². The maximum atomic E-state index is 14.4. The molecule has 1 aliphatic heterocycles. The SMILES string of the molecule is C=CC/C(OC)=C(\C=C1/CCCN1C(=O)C(N[C@H]1CC(OC)CC(OCCCC(=O)O)C1)c1ccc(Cl)cc1OC)C(F)(F)F. The molecule has 1 aromatic carbocycles. The molecular formula is C32H42ClF3N2O7. The summed E-state index contributed by atoms with van der Waals surface area (Å²) in [6.07, 6.45) is -0.207. The summed E-state index contributed by atoms with van der Waals surface area (Å²) in [6.45, 7) is 4.02. The minimum absolute atomic E-state index is 0.00850. The van der Waals surface area contributed by atoms with Crippen molar-refractivity contribution in [3.05, 3.63) is 64.5 Å². The van der Waals surface area contributed by atoms with E-state index in [1.165, 1.54) is 25.2 Å². The van der Waals surface area contributed by atoms with Crippen molar-refractivity contribution in [1.29, 1.82) is 0 Å². The number of methoxy groups -OCH3 is 3. The minimum atomic E-state index is -4.72. The van der Waals surface area contributed by atoms with Crippen molar-refractivity contribution in [2.45, 2.75) is 81.8 Å². The third kappa shape index (κ3) is 10.2. The predicted molar refractivity (Wildman–Crippen MR) is 163 cm³/mol. The van der Waals surface area contributed by atoms with Crippen LogP contribution in [0.3, 0.4) is 0 Å². The Hall–Kier alpha value is -3.06. The fourth-order valence-corrected chi connectivity index (χ4v) is 5.95. The molecular weight excluding hydrogens is 617 g/mol. The number of nitrogens with zero attached hydrogens (tertiary/aromatic N) is 1. The molecule has 2 aliphatic rings.